The smallest absolute Gasteiger partial charge is 0.309 e. The molecule has 29 heavy (non-hydrogen) atoms. The standard InChI is InChI=1S/C18H23ClN2O7S/c1-18(2,3)16(22)11-28-17(23)12-6-8-20(9-7-12)29(26,27)15-10-13(21(24)25)4-5-14(15)19/h4-5,10,12H,6-9,11H2,1-3H3. The summed E-state index contributed by atoms with van der Waals surface area (Å²) in [5.41, 5.74) is -0.995. The van der Waals surface area contributed by atoms with Gasteiger partial charge in [-0.25, -0.2) is 8.42 Å². The zero-order valence-electron chi connectivity index (χ0n) is 16.4. The molecule has 0 aromatic heterocycles. The van der Waals surface area contributed by atoms with Crippen molar-refractivity contribution < 1.29 is 27.7 Å². The Labute approximate surface area is 174 Å². The van der Waals surface area contributed by atoms with Crippen LogP contribution in [0.2, 0.25) is 5.02 Å². The summed E-state index contributed by atoms with van der Waals surface area (Å²) in [5, 5.41) is 10.8. The van der Waals surface area contributed by atoms with Crippen LogP contribution >= 0.6 is 11.6 Å². The van der Waals surface area contributed by atoms with E-state index in [1.54, 1.807) is 20.8 Å². The van der Waals surface area contributed by atoms with Crippen molar-refractivity contribution in [3.63, 3.8) is 0 Å². The van der Waals surface area contributed by atoms with E-state index in [0.717, 1.165) is 16.4 Å². The number of ether oxygens (including phenoxy) is 1. The summed E-state index contributed by atoms with van der Waals surface area (Å²) in [6.45, 7) is 4.94. The largest absolute Gasteiger partial charge is 0.457 e. The number of carbonyl (C=O) groups excluding carboxylic acids is 2. The Hall–Kier alpha value is -2.04. The molecule has 9 nitrogen and oxygen atoms in total. The lowest BCUT2D eigenvalue weighted by molar-refractivity contribution is -0.385. The van der Waals surface area contributed by atoms with Crippen molar-refractivity contribution in [2.45, 2.75) is 38.5 Å². The van der Waals surface area contributed by atoms with Crippen molar-refractivity contribution >= 4 is 39.1 Å². The first-order valence-corrected chi connectivity index (χ1v) is 10.8. The maximum Gasteiger partial charge on any atom is 0.309 e. The molecule has 160 valence electrons. The van der Waals surface area contributed by atoms with Crippen LogP contribution in [-0.2, 0) is 24.3 Å². The molecule has 0 spiro atoms. The number of Topliss-reactive ketones (excluding diaryl/α,β-unsaturated/α-hetero) is 1. The van der Waals surface area contributed by atoms with Crippen molar-refractivity contribution in [3.8, 4) is 0 Å². The van der Waals surface area contributed by atoms with Crippen molar-refractivity contribution in [3.05, 3.63) is 33.3 Å². The highest BCUT2D eigenvalue weighted by atomic mass is 35.5. The number of nitro groups is 1. The number of hydrogen-bond donors (Lipinski definition) is 0. The molecule has 0 aliphatic carbocycles. The number of carbonyl (C=O) groups is 2. The highest BCUT2D eigenvalue weighted by Gasteiger charge is 2.35. The lowest BCUT2D eigenvalue weighted by atomic mass is 9.91. The lowest BCUT2D eigenvalue weighted by Crippen LogP contribution is -2.41. The number of hydrogen-bond acceptors (Lipinski definition) is 7. The average molecular weight is 447 g/mol. The van der Waals surface area contributed by atoms with Crippen LogP contribution in [-0.4, -0.2) is 49.1 Å². The summed E-state index contributed by atoms with van der Waals surface area (Å²) < 4.78 is 31.9. The molecule has 11 heteroatoms. The molecule has 0 saturated carbocycles. The lowest BCUT2D eigenvalue weighted by Gasteiger charge is -2.30. The van der Waals surface area contributed by atoms with Crippen molar-refractivity contribution in [1.29, 1.82) is 0 Å². The van der Waals surface area contributed by atoms with Gasteiger partial charge in [0.05, 0.1) is 15.9 Å². The number of benzene rings is 1. The van der Waals surface area contributed by atoms with Gasteiger partial charge >= 0.3 is 5.97 Å². The Morgan fingerprint density at radius 1 is 1.28 bits per heavy atom. The van der Waals surface area contributed by atoms with E-state index in [1.807, 2.05) is 0 Å². The first-order valence-electron chi connectivity index (χ1n) is 8.98. The molecule has 0 amide bonds. The van der Waals surface area contributed by atoms with E-state index in [0.29, 0.717) is 0 Å². The molecule has 1 aliphatic rings. The summed E-state index contributed by atoms with van der Waals surface area (Å²) in [6.07, 6.45) is 0.433. The van der Waals surface area contributed by atoms with Crippen LogP contribution in [0.15, 0.2) is 23.1 Å². The number of nitro benzene ring substituents is 1. The minimum atomic E-state index is -4.05. The fourth-order valence-corrected chi connectivity index (χ4v) is 4.71. The van der Waals surface area contributed by atoms with Crippen LogP contribution in [0.5, 0.6) is 0 Å². The Morgan fingerprint density at radius 3 is 2.38 bits per heavy atom. The normalized spacial score (nSPS) is 16.4. The van der Waals surface area contributed by atoms with Crippen LogP contribution in [0.3, 0.4) is 0 Å². The second-order valence-corrected chi connectivity index (χ2v) is 10.1. The fraction of sp³-hybridized carbons (Fsp3) is 0.556. The highest BCUT2D eigenvalue weighted by molar-refractivity contribution is 7.89. The van der Waals surface area contributed by atoms with Crippen molar-refractivity contribution in [2.75, 3.05) is 19.7 Å². The molecule has 1 heterocycles. The van der Waals surface area contributed by atoms with E-state index in [2.05, 4.69) is 0 Å². The van der Waals surface area contributed by atoms with E-state index in [-0.39, 0.29) is 53.9 Å². The molecule has 1 aromatic rings. The average Bonchev–Trinajstić information content (AvgIpc) is 2.65. The van der Waals surface area contributed by atoms with Gasteiger partial charge in [0.2, 0.25) is 10.0 Å². The molecule has 1 saturated heterocycles. The number of esters is 1. The molecular weight excluding hydrogens is 424 g/mol. The summed E-state index contributed by atoms with van der Waals surface area (Å²) in [6, 6.07) is 3.22. The molecule has 1 aromatic carbocycles. The van der Waals surface area contributed by atoms with Gasteiger partial charge in [-0.1, -0.05) is 32.4 Å². The van der Waals surface area contributed by atoms with Gasteiger partial charge in [0.15, 0.2) is 12.4 Å². The van der Waals surface area contributed by atoms with Gasteiger partial charge in [-0.3, -0.25) is 19.7 Å². The van der Waals surface area contributed by atoms with E-state index in [9.17, 15) is 28.1 Å². The molecular formula is C18H23ClN2O7S. The third kappa shape index (κ3) is 5.52. The quantitative estimate of drug-likeness (QED) is 0.373. The Bertz CT molecular complexity index is 917. The Kier molecular flexibility index (Phi) is 7.02. The number of nitrogens with zero attached hydrogens (tertiary/aromatic N) is 2. The van der Waals surface area contributed by atoms with Crippen LogP contribution in [0.1, 0.15) is 33.6 Å². The van der Waals surface area contributed by atoms with Crippen LogP contribution in [0, 0.1) is 21.4 Å². The summed E-state index contributed by atoms with van der Waals surface area (Å²) >= 11 is 5.96. The Balaban J connectivity index is 2.03. The van der Waals surface area contributed by atoms with E-state index in [1.165, 1.54) is 6.07 Å². The summed E-state index contributed by atoms with van der Waals surface area (Å²) in [5.74, 6) is -1.26. The van der Waals surface area contributed by atoms with Gasteiger partial charge in [-0.2, -0.15) is 4.31 Å². The zero-order chi connectivity index (χ0) is 22.0. The SMILES string of the molecule is CC(C)(C)C(=O)COC(=O)C1CCN(S(=O)(=O)c2cc([N+](=O)[O-])ccc2Cl)CC1. The van der Waals surface area contributed by atoms with Crippen molar-refractivity contribution in [2.24, 2.45) is 11.3 Å². The zero-order valence-corrected chi connectivity index (χ0v) is 18.0. The number of piperidine rings is 1. The number of halogens is 1. The minimum absolute atomic E-state index is 0.0360. The fourth-order valence-electron chi connectivity index (χ4n) is 2.75. The van der Waals surface area contributed by atoms with Crippen LogP contribution in [0.25, 0.3) is 0 Å². The minimum Gasteiger partial charge on any atom is -0.457 e. The molecule has 0 radical (unpaired) electrons. The van der Waals surface area contributed by atoms with E-state index < -0.39 is 32.2 Å². The van der Waals surface area contributed by atoms with Gasteiger partial charge in [0.25, 0.3) is 5.69 Å². The molecule has 1 aliphatic heterocycles. The maximum absolute atomic E-state index is 12.8. The van der Waals surface area contributed by atoms with Gasteiger partial charge in [-0.05, 0) is 18.9 Å². The first-order chi connectivity index (χ1) is 13.3. The highest BCUT2D eigenvalue weighted by Crippen LogP contribution is 2.31. The molecule has 0 N–H and O–H groups in total. The van der Waals surface area contributed by atoms with Gasteiger partial charge < -0.3 is 4.74 Å². The molecule has 0 unspecified atom stereocenters. The number of rotatable bonds is 6. The third-order valence-corrected chi connectivity index (χ3v) is 7.09. The predicted octanol–water partition coefficient (Wildman–Crippen LogP) is 2.81. The molecule has 1 fully saturated rings. The van der Waals surface area contributed by atoms with Crippen LogP contribution < -0.4 is 0 Å². The first kappa shape index (κ1) is 23.2. The molecule has 0 atom stereocenters. The number of ketones is 1. The monoisotopic (exact) mass is 446 g/mol. The van der Waals surface area contributed by atoms with Gasteiger partial charge in [-0.15, -0.1) is 0 Å². The Morgan fingerprint density at radius 2 is 1.86 bits per heavy atom. The molecule has 2 rings (SSSR count). The molecule has 0 bridgehead atoms. The van der Waals surface area contributed by atoms with Gasteiger partial charge in [0.1, 0.15) is 4.90 Å². The topological polar surface area (TPSA) is 124 Å². The van der Waals surface area contributed by atoms with E-state index in [4.69, 9.17) is 16.3 Å². The summed E-state index contributed by atoms with van der Waals surface area (Å²) in [7, 11) is -4.05. The number of non-ortho nitro benzene ring substituents is 1. The van der Waals surface area contributed by atoms with Crippen molar-refractivity contribution in [1.82, 2.24) is 4.31 Å². The van der Waals surface area contributed by atoms with Crippen LogP contribution in [0.4, 0.5) is 5.69 Å². The third-order valence-electron chi connectivity index (χ3n) is 4.71. The van der Waals surface area contributed by atoms with Gasteiger partial charge in [0, 0.05) is 30.6 Å². The maximum atomic E-state index is 12.8. The summed E-state index contributed by atoms with van der Waals surface area (Å²) in [4.78, 5) is 34.0. The second kappa shape index (κ2) is 8.76. The second-order valence-electron chi connectivity index (χ2n) is 7.83. The predicted molar refractivity (Wildman–Crippen MR) is 105 cm³/mol. The number of sulfonamides is 1. The van der Waals surface area contributed by atoms with E-state index >= 15 is 0 Å².